The monoisotopic (exact) mass is 307 g/mol. The Hall–Kier alpha value is -0.860. The molecule has 0 bridgehead atoms. The Labute approximate surface area is 120 Å². The summed E-state index contributed by atoms with van der Waals surface area (Å²) >= 11 is 0. The molecule has 1 aliphatic rings. The average molecular weight is 307 g/mol. The fraction of sp³-hybridized carbons (Fsp3) is 0.917. The Bertz CT molecular complexity index is 413. The van der Waals surface area contributed by atoms with Crippen molar-refractivity contribution in [3.05, 3.63) is 0 Å². The number of piperidine rings is 1. The average Bonchev–Trinajstić information content (AvgIpc) is 2.36. The normalized spacial score (nSPS) is 21.6. The first-order chi connectivity index (χ1) is 9.35. The van der Waals surface area contributed by atoms with Crippen LogP contribution in [0.4, 0.5) is 4.79 Å². The summed E-state index contributed by atoms with van der Waals surface area (Å²) in [6.07, 6.45) is 2.37. The molecule has 8 heteroatoms. The molecule has 0 spiro atoms. The molecule has 20 heavy (non-hydrogen) atoms. The van der Waals surface area contributed by atoms with E-state index in [1.165, 1.54) is 0 Å². The summed E-state index contributed by atoms with van der Waals surface area (Å²) in [7, 11) is -1.89. The van der Waals surface area contributed by atoms with E-state index in [0.29, 0.717) is 19.7 Å². The van der Waals surface area contributed by atoms with Crippen molar-refractivity contribution in [1.29, 1.82) is 0 Å². The highest BCUT2D eigenvalue weighted by molar-refractivity contribution is 7.89. The van der Waals surface area contributed by atoms with Gasteiger partial charge >= 0.3 is 6.03 Å². The van der Waals surface area contributed by atoms with Crippen molar-refractivity contribution in [2.24, 2.45) is 11.1 Å². The zero-order valence-electron chi connectivity index (χ0n) is 12.2. The molecule has 3 N–H and O–H groups in total. The Morgan fingerprint density at radius 1 is 1.55 bits per heavy atom. The molecule has 0 aromatic carbocycles. The molecule has 2 atom stereocenters. The second-order valence-corrected chi connectivity index (χ2v) is 6.95. The van der Waals surface area contributed by atoms with Gasteiger partial charge in [-0.25, -0.2) is 18.4 Å². The van der Waals surface area contributed by atoms with Crippen LogP contribution in [0.5, 0.6) is 0 Å². The molecule has 2 amide bonds. The van der Waals surface area contributed by atoms with Crippen molar-refractivity contribution in [3.63, 3.8) is 0 Å². The van der Waals surface area contributed by atoms with Crippen molar-refractivity contribution >= 4 is 16.1 Å². The lowest BCUT2D eigenvalue weighted by atomic mass is 10.0. The molecule has 1 aliphatic heterocycles. The summed E-state index contributed by atoms with van der Waals surface area (Å²) < 4.78 is 27.3. The molecule has 2 unspecified atom stereocenters. The first-order valence-electron chi connectivity index (χ1n) is 6.90. The summed E-state index contributed by atoms with van der Waals surface area (Å²) in [6.45, 7) is 3.53. The number of nitrogens with one attached hydrogen (secondary N) is 1. The summed E-state index contributed by atoms with van der Waals surface area (Å²) in [4.78, 5) is 13.8. The van der Waals surface area contributed by atoms with E-state index in [4.69, 9.17) is 9.88 Å². The summed E-state index contributed by atoms with van der Waals surface area (Å²) in [5.41, 5.74) is 0. The standard InChI is InChI=1S/C12H25N3O4S/c1-3-11(8-19-2)14-12(16)15-6-4-5-10(7-15)9-20(13,17)18/h10-11H,3-9H2,1-2H3,(H,14,16)(H2,13,17,18). The Kier molecular flexibility index (Phi) is 6.70. The SMILES string of the molecule is CCC(COC)NC(=O)N1CCCC(CS(N)(=O)=O)C1. The third kappa shape index (κ3) is 6.06. The Morgan fingerprint density at radius 3 is 2.80 bits per heavy atom. The van der Waals surface area contributed by atoms with Gasteiger partial charge in [0.25, 0.3) is 0 Å². The fourth-order valence-electron chi connectivity index (χ4n) is 2.44. The predicted octanol–water partition coefficient (Wildman–Crippen LogP) is 0.122. The lowest BCUT2D eigenvalue weighted by molar-refractivity contribution is 0.142. The second kappa shape index (κ2) is 7.80. The third-order valence-electron chi connectivity index (χ3n) is 3.46. The number of urea groups is 1. The molecular formula is C12H25N3O4S. The van der Waals surface area contributed by atoms with Crippen molar-refractivity contribution in [1.82, 2.24) is 10.2 Å². The van der Waals surface area contributed by atoms with Gasteiger partial charge in [0.1, 0.15) is 0 Å². The molecule has 7 nitrogen and oxygen atoms in total. The number of carbonyl (C=O) groups excluding carboxylic acids is 1. The van der Waals surface area contributed by atoms with Crippen LogP contribution >= 0.6 is 0 Å². The molecule has 1 heterocycles. The molecule has 0 aromatic rings. The van der Waals surface area contributed by atoms with E-state index in [1.54, 1.807) is 12.0 Å². The molecule has 0 aliphatic carbocycles. The number of hydrogen-bond donors (Lipinski definition) is 2. The van der Waals surface area contributed by atoms with Crippen LogP contribution in [-0.2, 0) is 14.8 Å². The largest absolute Gasteiger partial charge is 0.383 e. The van der Waals surface area contributed by atoms with Crippen LogP contribution in [0.3, 0.4) is 0 Å². The van der Waals surface area contributed by atoms with Crippen molar-refractivity contribution in [2.45, 2.75) is 32.2 Å². The third-order valence-corrected chi connectivity index (χ3v) is 4.40. The van der Waals surface area contributed by atoms with Crippen LogP contribution in [0, 0.1) is 5.92 Å². The van der Waals surface area contributed by atoms with Gasteiger partial charge in [-0.3, -0.25) is 0 Å². The van der Waals surface area contributed by atoms with Gasteiger partial charge in [0.05, 0.1) is 18.4 Å². The number of sulfonamides is 1. The predicted molar refractivity (Wildman–Crippen MR) is 76.8 cm³/mol. The van der Waals surface area contributed by atoms with Gasteiger partial charge in [0, 0.05) is 20.2 Å². The number of primary sulfonamides is 1. The van der Waals surface area contributed by atoms with Crippen molar-refractivity contribution in [2.75, 3.05) is 32.6 Å². The zero-order valence-corrected chi connectivity index (χ0v) is 13.0. The van der Waals surface area contributed by atoms with Crippen LogP contribution in [0.2, 0.25) is 0 Å². The molecule has 1 rings (SSSR count). The minimum absolute atomic E-state index is 0.0221. The number of hydrogen-bond acceptors (Lipinski definition) is 4. The number of carbonyl (C=O) groups is 1. The number of likely N-dealkylation sites (tertiary alicyclic amines) is 1. The number of ether oxygens (including phenoxy) is 1. The number of nitrogens with two attached hydrogens (primary N) is 1. The molecular weight excluding hydrogens is 282 g/mol. The minimum atomic E-state index is -3.49. The fourth-order valence-corrected chi connectivity index (χ4v) is 3.37. The van der Waals surface area contributed by atoms with E-state index in [-0.39, 0.29) is 23.7 Å². The van der Waals surface area contributed by atoms with Crippen molar-refractivity contribution in [3.8, 4) is 0 Å². The van der Waals surface area contributed by atoms with Gasteiger partial charge in [-0.2, -0.15) is 0 Å². The van der Waals surface area contributed by atoms with Gasteiger partial charge < -0.3 is 15.0 Å². The first kappa shape index (κ1) is 17.2. The topological polar surface area (TPSA) is 102 Å². The maximum absolute atomic E-state index is 12.1. The Balaban J connectivity index is 2.51. The van der Waals surface area contributed by atoms with Gasteiger partial charge in [0.2, 0.25) is 10.0 Å². The summed E-state index contributed by atoms with van der Waals surface area (Å²) in [6, 6.07) is -0.181. The second-order valence-electron chi connectivity index (χ2n) is 5.29. The number of nitrogens with zero attached hydrogens (tertiary/aromatic N) is 1. The van der Waals surface area contributed by atoms with E-state index in [2.05, 4.69) is 5.32 Å². The maximum atomic E-state index is 12.1. The van der Waals surface area contributed by atoms with Crippen molar-refractivity contribution < 1.29 is 17.9 Å². The van der Waals surface area contributed by atoms with E-state index >= 15 is 0 Å². The minimum Gasteiger partial charge on any atom is -0.383 e. The smallest absolute Gasteiger partial charge is 0.317 e. The highest BCUT2D eigenvalue weighted by Crippen LogP contribution is 2.17. The maximum Gasteiger partial charge on any atom is 0.317 e. The van der Waals surface area contributed by atoms with Crippen LogP contribution in [-0.4, -0.2) is 57.9 Å². The van der Waals surface area contributed by atoms with Gasteiger partial charge in [0.15, 0.2) is 0 Å². The van der Waals surface area contributed by atoms with Gasteiger partial charge in [-0.15, -0.1) is 0 Å². The van der Waals surface area contributed by atoms with E-state index < -0.39 is 10.0 Å². The number of methoxy groups -OCH3 is 1. The molecule has 118 valence electrons. The molecule has 0 saturated carbocycles. The van der Waals surface area contributed by atoms with Crippen LogP contribution in [0.1, 0.15) is 26.2 Å². The first-order valence-corrected chi connectivity index (χ1v) is 8.62. The van der Waals surface area contributed by atoms with Gasteiger partial charge in [-0.1, -0.05) is 6.92 Å². The quantitative estimate of drug-likeness (QED) is 0.727. The molecule has 1 saturated heterocycles. The summed E-state index contributed by atoms with van der Waals surface area (Å²) in [5, 5.41) is 7.97. The zero-order chi connectivity index (χ0) is 15.2. The highest BCUT2D eigenvalue weighted by Gasteiger charge is 2.27. The lowest BCUT2D eigenvalue weighted by Crippen LogP contribution is -2.50. The summed E-state index contributed by atoms with van der Waals surface area (Å²) in [5.74, 6) is -0.140. The van der Waals surface area contributed by atoms with E-state index in [0.717, 1.165) is 19.3 Å². The Morgan fingerprint density at radius 2 is 2.25 bits per heavy atom. The van der Waals surface area contributed by atoms with E-state index in [9.17, 15) is 13.2 Å². The highest BCUT2D eigenvalue weighted by atomic mass is 32.2. The lowest BCUT2D eigenvalue weighted by Gasteiger charge is -2.33. The van der Waals surface area contributed by atoms with Crippen LogP contribution < -0.4 is 10.5 Å². The van der Waals surface area contributed by atoms with Crippen LogP contribution in [0.15, 0.2) is 0 Å². The number of amides is 2. The van der Waals surface area contributed by atoms with E-state index in [1.807, 2.05) is 6.92 Å². The van der Waals surface area contributed by atoms with Gasteiger partial charge in [-0.05, 0) is 25.2 Å². The molecule has 1 fully saturated rings. The molecule has 0 radical (unpaired) electrons. The number of rotatable bonds is 6. The molecule has 0 aromatic heterocycles. The van der Waals surface area contributed by atoms with Crippen LogP contribution in [0.25, 0.3) is 0 Å².